The van der Waals surface area contributed by atoms with Crippen LogP contribution in [0.5, 0.6) is 0 Å². The molecule has 0 unspecified atom stereocenters. The lowest BCUT2D eigenvalue weighted by Gasteiger charge is -2.37. The predicted octanol–water partition coefficient (Wildman–Crippen LogP) is 2.83. The van der Waals surface area contributed by atoms with E-state index in [0.717, 1.165) is 42.8 Å². The maximum absolute atomic E-state index is 9.45. The normalized spacial score (nSPS) is 14.6. The second kappa shape index (κ2) is 6.17. The molecule has 0 aliphatic carbocycles. The number of benzene rings is 2. The largest absolute Gasteiger partial charge is 0.368 e. The number of hydrogen-bond acceptors (Lipinski definition) is 5. The summed E-state index contributed by atoms with van der Waals surface area (Å²) in [5, 5.41) is 18.7. The van der Waals surface area contributed by atoms with E-state index >= 15 is 0 Å². The van der Waals surface area contributed by atoms with Crippen molar-refractivity contribution >= 4 is 22.3 Å². The molecule has 0 saturated carbocycles. The van der Waals surface area contributed by atoms with Crippen LogP contribution in [0.25, 0.3) is 10.9 Å². The number of hydrogen-bond donors (Lipinski definition) is 0. The number of anilines is 2. The van der Waals surface area contributed by atoms with Crippen LogP contribution in [0.2, 0.25) is 0 Å². The van der Waals surface area contributed by atoms with E-state index in [1.165, 1.54) is 5.69 Å². The van der Waals surface area contributed by atoms with Crippen LogP contribution in [0, 0.1) is 11.3 Å². The number of nitrogens with zero attached hydrogens (tertiary/aromatic N) is 5. The lowest BCUT2D eigenvalue weighted by atomic mass is 10.1. The van der Waals surface area contributed by atoms with Crippen molar-refractivity contribution in [2.75, 3.05) is 36.0 Å². The van der Waals surface area contributed by atoms with Crippen LogP contribution < -0.4 is 9.80 Å². The average Bonchev–Trinajstić information content (AvgIpc) is 2.68. The van der Waals surface area contributed by atoms with Crippen molar-refractivity contribution in [1.82, 2.24) is 10.2 Å². The second-order valence-electron chi connectivity index (χ2n) is 5.84. The smallest absolute Gasteiger partial charge is 0.187 e. The van der Waals surface area contributed by atoms with E-state index < -0.39 is 0 Å². The summed E-state index contributed by atoms with van der Waals surface area (Å²) < 4.78 is 0. The first kappa shape index (κ1) is 14.5. The monoisotopic (exact) mass is 315 g/mol. The van der Waals surface area contributed by atoms with Gasteiger partial charge < -0.3 is 9.80 Å². The molecular weight excluding hydrogens is 298 g/mol. The molecule has 2 aromatic carbocycles. The molecule has 5 nitrogen and oxygen atoms in total. The lowest BCUT2D eigenvalue weighted by Crippen LogP contribution is -2.47. The van der Waals surface area contributed by atoms with E-state index in [0.29, 0.717) is 5.69 Å². The molecule has 3 aromatic rings. The first-order valence-corrected chi connectivity index (χ1v) is 8.07. The van der Waals surface area contributed by atoms with E-state index in [2.05, 4.69) is 50.3 Å². The molecule has 1 saturated heterocycles. The molecule has 1 aliphatic rings. The second-order valence-corrected chi connectivity index (χ2v) is 5.84. The quantitative estimate of drug-likeness (QED) is 0.728. The highest BCUT2D eigenvalue weighted by molar-refractivity contribution is 5.93. The van der Waals surface area contributed by atoms with Gasteiger partial charge in [-0.1, -0.05) is 36.4 Å². The third-order valence-electron chi connectivity index (χ3n) is 4.46. The molecule has 4 rings (SSSR count). The third kappa shape index (κ3) is 2.52. The molecule has 1 fully saturated rings. The minimum Gasteiger partial charge on any atom is -0.368 e. The molecule has 0 radical (unpaired) electrons. The SMILES string of the molecule is N#Cc1nnc2ccccc2c1N1CCN(c2ccccc2)CC1. The van der Waals surface area contributed by atoms with Crippen molar-refractivity contribution in [2.24, 2.45) is 0 Å². The molecule has 1 aliphatic heterocycles. The van der Waals surface area contributed by atoms with Crippen LogP contribution in [0.3, 0.4) is 0 Å². The summed E-state index contributed by atoms with van der Waals surface area (Å²) in [4.78, 5) is 4.63. The molecule has 0 bridgehead atoms. The Labute approximate surface area is 140 Å². The van der Waals surface area contributed by atoms with Gasteiger partial charge in [0.15, 0.2) is 5.69 Å². The molecule has 24 heavy (non-hydrogen) atoms. The van der Waals surface area contributed by atoms with Crippen LogP contribution in [-0.2, 0) is 0 Å². The van der Waals surface area contributed by atoms with Gasteiger partial charge in [0.05, 0.1) is 11.2 Å². The summed E-state index contributed by atoms with van der Waals surface area (Å²) in [6.07, 6.45) is 0. The van der Waals surface area contributed by atoms with E-state index in [1.807, 2.05) is 30.3 Å². The highest BCUT2D eigenvalue weighted by atomic mass is 15.3. The highest BCUT2D eigenvalue weighted by Gasteiger charge is 2.22. The van der Waals surface area contributed by atoms with E-state index in [1.54, 1.807) is 0 Å². The van der Waals surface area contributed by atoms with Crippen molar-refractivity contribution in [3.05, 3.63) is 60.3 Å². The van der Waals surface area contributed by atoms with Crippen LogP contribution in [-0.4, -0.2) is 36.4 Å². The Balaban J connectivity index is 1.64. The van der Waals surface area contributed by atoms with Crippen molar-refractivity contribution in [1.29, 1.82) is 5.26 Å². The minimum absolute atomic E-state index is 0.405. The molecule has 0 spiro atoms. The third-order valence-corrected chi connectivity index (χ3v) is 4.46. The van der Waals surface area contributed by atoms with Gasteiger partial charge in [-0.15, -0.1) is 10.2 Å². The summed E-state index contributed by atoms with van der Waals surface area (Å²) in [5.41, 5.74) is 3.39. The summed E-state index contributed by atoms with van der Waals surface area (Å²) in [7, 11) is 0. The number of nitriles is 1. The Morgan fingerprint density at radius 2 is 1.46 bits per heavy atom. The zero-order valence-electron chi connectivity index (χ0n) is 13.3. The molecule has 0 N–H and O–H groups in total. The molecule has 5 heteroatoms. The first-order valence-electron chi connectivity index (χ1n) is 8.07. The molecule has 118 valence electrons. The number of rotatable bonds is 2. The van der Waals surface area contributed by atoms with Gasteiger partial charge >= 0.3 is 0 Å². The van der Waals surface area contributed by atoms with Crippen LogP contribution in [0.4, 0.5) is 11.4 Å². The van der Waals surface area contributed by atoms with Crippen molar-refractivity contribution < 1.29 is 0 Å². The van der Waals surface area contributed by atoms with Crippen molar-refractivity contribution in [3.63, 3.8) is 0 Å². The Morgan fingerprint density at radius 1 is 0.792 bits per heavy atom. The van der Waals surface area contributed by atoms with Gasteiger partial charge in [0, 0.05) is 37.3 Å². The van der Waals surface area contributed by atoms with Crippen molar-refractivity contribution in [3.8, 4) is 6.07 Å². The van der Waals surface area contributed by atoms with Crippen LogP contribution in [0.1, 0.15) is 5.69 Å². The molecule has 2 heterocycles. The number of piperazine rings is 1. The molecule has 0 atom stereocenters. The standard InChI is InChI=1S/C19H17N5/c20-14-18-19(16-8-4-5-9-17(16)21-22-18)24-12-10-23(11-13-24)15-6-2-1-3-7-15/h1-9H,10-13H2. The fourth-order valence-electron chi connectivity index (χ4n) is 3.26. The molecule has 1 aromatic heterocycles. The van der Waals surface area contributed by atoms with Gasteiger partial charge in [-0.2, -0.15) is 5.26 Å². The Kier molecular flexibility index (Phi) is 3.72. The predicted molar refractivity (Wildman–Crippen MR) is 95.1 cm³/mol. The Morgan fingerprint density at radius 3 is 2.21 bits per heavy atom. The summed E-state index contributed by atoms with van der Waals surface area (Å²) in [5.74, 6) is 0. The zero-order chi connectivity index (χ0) is 16.4. The fourth-order valence-corrected chi connectivity index (χ4v) is 3.26. The van der Waals surface area contributed by atoms with Crippen molar-refractivity contribution in [2.45, 2.75) is 0 Å². The van der Waals surface area contributed by atoms with Gasteiger partial charge in [-0.3, -0.25) is 0 Å². The first-order chi connectivity index (χ1) is 11.9. The molecule has 0 amide bonds. The van der Waals surface area contributed by atoms with E-state index in [4.69, 9.17) is 0 Å². The number of fused-ring (bicyclic) bond motifs is 1. The topological polar surface area (TPSA) is 56.1 Å². The van der Waals surface area contributed by atoms with Crippen LogP contribution in [0.15, 0.2) is 54.6 Å². The maximum Gasteiger partial charge on any atom is 0.187 e. The van der Waals surface area contributed by atoms with E-state index in [-0.39, 0.29) is 0 Å². The fraction of sp³-hybridized carbons (Fsp3) is 0.211. The van der Waals surface area contributed by atoms with E-state index in [9.17, 15) is 5.26 Å². The Hall–Kier alpha value is -3.13. The summed E-state index contributed by atoms with van der Waals surface area (Å²) in [6.45, 7) is 3.57. The minimum atomic E-state index is 0.405. The van der Waals surface area contributed by atoms with Gasteiger partial charge in [-0.05, 0) is 18.2 Å². The van der Waals surface area contributed by atoms with Gasteiger partial charge in [0.2, 0.25) is 0 Å². The lowest BCUT2D eigenvalue weighted by molar-refractivity contribution is 0.653. The van der Waals surface area contributed by atoms with Gasteiger partial charge in [-0.25, -0.2) is 0 Å². The maximum atomic E-state index is 9.45. The number of aromatic nitrogens is 2. The number of para-hydroxylation sites is 1. The Bertz CT molecular complexity index is 893. The zero-order valence-corrected chi connectivity index (χ0v) is 13.3. The summed E-state index contributed by atoms with van der Waals surface area (Å²) in [6, 6.07) is 20.5. The average molecular weight is 315 g/mol. The van der Waals surface area contributed by atoms with Gasteiger partial charge in [0.1, 0.15) is 6.07 Å². The molecular formula is C19H17N5. The van der Waals surface area contributed by atoms with Gasteiger partial charge in [0.25, 0.3) is 0 Å². The summed E-state index contributed by atoms with van der Waals surface area (Å²) >= 11 is 0. The van der Waals surface area contributed by atoms with Crippen LogP contribution >= 0.6 is 0 Å². The highest BCUT2D eigenvalue weighted by Crippen LogP contribution is 2.29.